The maximum Gasteiger partial charge on any atom is 0.234 e. The Morgan fingerprint density at radius 3 is 2.10 bits per heavy atom. The van der Waals surface area contributed by atoms with E-state index < -0.39 is 0 Å². The van der Waals surface area contributed by atoms with E-state index in [-0.39, 0.29) is 11.8 Å². The van der Waals surface area contributed by atoms with E-state index in [1.54, 1.807) is 12.1 Å². The average Bonchev–Trinajstić information content (AvgIpc) is 2.98. The first-order chi connectivity index (χ1) is 19.2. The molecule has 0 aliphatic carbocycles. The Hall–Kier alpha value is -3.64. The highest BCUT2D eigenvalue weighted by molar-refractivity contribution is 6.30. The van der Waals surface area contributed by atoms with Crippen molar-refractivity contribution in [3.8, 4) is 11.5 Å². The fraction of sp³-hybridized carbons (Fsp3) is 0.242. The Balaban J connectivity index is 1.41. The molecule has 0 aromatic heterocycles. The van der Waals surface area contributed by atoms with Crippen LogP contribution in [0, 0.1) is 0 Å². The second-order valence-electron chi connectivity index (χ2n) is 9.67. The number of rotatable bonds is 10. The standard InChI is InChI=1S/C33H33ClN2O3/c34-29-14-16-30(17-15-29)39-31-13-7-8-26(24-31)25-36(19-18-35-20-22-38-23-21-35)33(37)32(27-9-3-1-4-10-27)28-11-5-2-6-12-28/h1-17,24,32H,18-23,25H2. The first-order valence-electron chi connectivity index (χ1n) is 13.4. The Morgan fingerprint density at radius 1 is 0.821 bits per heavy atom. The van der Waals surface area contributed by atoms with Gasteiger partial charge in [0.05, 0.1) is 19.1 Å². The Labute approximate surface area is 235 Å². The summed E-state index contributed by atoms with van der Waals surface area (Å²) in [4.78, 5) is 18.7. The molecule has 4 aromatic rings. The summed E-state index contributed by atoms with van der Waals surface area (Å²) in [7, 11) is 0. The number of hydrogen-bond acceptors (Lipinski definition) is 4. The topological polar surface area (TPSA) is 42.0 Å². The molecule has 1 aliphatic rings. The number of benzene rings is 4. The van der Waals surface area contributed by atoms with Crippen LogP contribution in [0.15, 0.2) is 109 Å². The summed E-state index contributed by atoms with van der Waals surface area (Å²) >= 11 is 6.02. The van der Waals surface area contributed by atoms with Gasteiger partial charge in [-0.3, -0.25) is 9.69 Å². The molecule has 0 radical (unpaired) electrons. The molecule has 0 bridgehead atoms. The summed E-state index contributed by atoms with van der Waals surface area (Å²) in [5, 5.41) is 0.664. The minimum absolute atomic E-state index is 0.0877. The van der Waals surface area contributed by atoms with Crippen LogP contribution in [0.4, 0.5) is 0 Å². The summed E-state index contributed by atoms with van der Waals surface area (Å²) in [6, 6.07) is 35.3. The van der Waals surface area contributed by atoms with Gasteiger partial charge in [-0.05, 0) is 53.1 Å². The van der Waals surface area contributed by atoms with Gasteiger partial charge in [0, 0.05) is 37.7 Å². The number of hydrogen-bond donors (Lipinski definition) is 0. The third-order valence-corrected chi connectivity index (χ3v) is 7.19. The van der Waals surface area contributed by atoms with E-state index in [4.69, 9.17) is 21.1 Å². The highest BCUT2D eigenvalue weighted by Crippen LogP contribution is 2.29. The molecule has 4 aromatic carbocycles. The summed E-state index contributed by atoms with van der Waals surface area (Å²) < 4.78 is 11.6. The first kappa shape index (κ1) is 26.9. The molecule has 0 saturated carbocycles. The highest BCUT2D eigenvalue weighted by atomic mass is 35.5. The molecule has 1 fully saturated rings. The van der Waals surface area contributed by atoms with Crippen molar-refractivity contribution in [2.24, 2.45) is 0 Å². The molecule has 5 nitrogen and oxygen atoms in total. The Kier molecular flexibility index (Phi) is 9.28. The van der Waals surface area contributed by atoms with Crippen LogP contribution in [-0.4, -0.2) is 55.1 Å². The van der Waals surface area contributed by atoms with E-state index in [2.05, 4.69) is 4.90 Å². The van der Waals surface area contributed by atoms with Gasteiger partial charge in [-0.1, -0.05) is 84.4 Å². The molecule has 1 aliphatic heterocycles. The quantitative estimate of drug-likeness (QED) is 0.226. The van der Waals surface area contributed by atoms with Gasteiger partial charge in [-0.2, -0.15) is 0 Å². The second kappa shape index (κ2) is 13.4. The first-order valence-corrected chi connectivity index (χ1v) is 13.7. The predicted octanol–water partition coefficient (Wildman–Crippen LogP) is 6.63. The molecule has 200 valence electrons. The number of carbonyl (C=O) groups excluding carboxylic acids is 1. The molecule has 0 unspecified atom stereocenters. The van der Waals surface area contributed by atoms with Crippen molar-refractivity contribution in [2.45, 2.75) is 12.5 Å². The molecule has 5 rings (SSSR count). The second-order valence-corrected chi connectivity index (χ2v) is 10.1. The maximum atomic E-state index is 14.4. The van der Waals surface area contributed by atoms with E-state index >= 15 is 0 Å². The lowest BCUT2D eigenvalue weighted by atomic mass is 9.90. The number of carbonyl (C=O) groups is 1. The van der Waals surface area contributed by atoms with Gasteiger partial charge in [0.1, 0.15) is 11.5 Å². The van der Waals surface area contributed by atoms with Gasteiger partial charge in [-0.15, -0.1) is 0 Å². The van der Waals surface area contributed by atoms with Crippen LogP contribution in [0.2, 0.25) is 5.02 Å². The minimum Gasteiger partial charge on any atom is -0.457 e. The Morgan fingerprint density at radius 2 is 1.46 bits per heavy atom. The van der Waals surface area contributed by atoms with Crippen molar-refractivity contribution in [1.29, 1.82) is 0 Å². The van der Waals surface area contributed by atoms with Crippen molar-refractivity contribution >= 4 is 17.5 Å². The fourth-order valence-electron chi connectivity index (χ4n) is 4.87. The zero-order valence-corrected chi connectivity index (χ0v) is 22.7. The van der Waals surface area contributed by atoms with Gasteiger partial charge < -0.3 is 14.4 Å². The molecule has 6 heteroatoms. The molecule has 0 spiro atoms. The average molecular weight is 541 g/mol. The van der Waals surface area contributed by atoms with Crippen LogP contribution in [0.5, 0.6) is 11.5 Å². The van der Waals surface area contributed by atoms with Crippen molar-refractivity contribution < 1.29 is 14.3 Å². The van der Waals surface area contributed by atoms with E-state index in [0.29, 0.717) is 23.9 Å². The number of halogens is 1. The van der Waals surface area contributed by atoms with Crippen molar-refractivity contribution in [1.82, 2.24) is 9.80 Å². The van der Waals surface area contributed by atoms with Crippen LogP contribution in [0.1, 0.15) is 22.6 Å². The lowest BCUT2D eigenvalue weighted by Gasteiger charge is -2.32. The third-order valence-electron chi connectivity index (χ3n) is 6.94. The SMILES string of the molecule is O=C(C(c1ccccc1)c1ccccc1)N(CCN1CCOCC1)Cc1cccc(Oc2ccc(Cl)cc2)c1. The Bertz CT molecular complexity index is 1290. The van der Waals surface area contributed by atoms with Crippen molar-refractivity contribution in [3.05, 3.63) is 131 Å². The normalized spacial score (nSPS) is 13.8. The molecular weight excluding hydrogens is 508 g/mol. The van der Waals surface area contributed by atoms with Gasteiger partial charge >= 0.3 is 0 Å². The number of amides is 1. The van der Waals surface area contributed by atoms with Crippen LogP contribution >= 0.6 is 11.6 Å². The van der Waals surface area contributed by atoms with Gasteiger partial charge in [-0.25, -0.2) is 0 Å². The van der Waals surface area contributed by atoms with E-state index in [0.717, 1.165) is 55.3 Å². The van der Waals surface area contributed by atoms with Gasteiger partial charge in [0.2, 0.25) is 5.91 Å². The molecule has 1 amide bonds. The van der Waals surface area contributed by atoms with Crippen molar-refractivity contribution in [3.63, 3.8) is 0 Å². The molecular formula is C33H33ClN2O3. The fourth-order valence-corrected chi connectivity index (χ4v) is 5.00. The molecule has 0 atom stereocenters. The maximum absolute atomic E-state index is 14.4. The highest BCUT2D eigenvalue weighted by Gasteiger charge is 2.28. The van der Waals surface area contributed by atoms with E-state index in [1.807, 2.05) is 102 Å². The number of nitrogens with zero attached hydrogens (tertiary/aromatic N) is 2. The van der Waals surface area contributed by atoms with Crippen LogP contribution < -0.4 is 4.74 Å². The molecule has 39 heavy (non-hydrogen) atoms. The van der Waals surface area contributed by atoms with Crippen LogP contribution in [0.25, 0.3) is 0 Å². The van der Waals surface area contributed by atoms with Crippen LogP contribution in [-0.2, 0) is 16.1 Å². The lowest BCUT2D eigenvalue weighted by Crippen LogP contribution is -2.44. The van der Waals surface area contributed by atoms with Crippen LogP contribution in [0.3, 0.4) is 0 Å². The van der Waals surface area contributed by atoms with Gasteiger partial charge in [0.15, 0.2) is 0 Å². The number of ether oxygens (including phenoxy) is 2. The molecule has 0 N–H and O–H groups in total. The minimum atomic E-state index is -0.384. The largest absolute Gasteiger partial charge is 0.457 e. The lowest BCUT2D eigenvalue weighted by molar-refractivity contribution is -0.132. The predicted molar refractivity (Wildman–Crippen MR) is 155 cm³/mol. The van der Waals surface area contributed by atoms with E-state index in [1.165, 1.54) is 0 Å². The summed E-state index contributed by atoms with van der Waals surface area (Å²) in [6.07, 6.45) is 0. The molecule has 1 saturated heterocycles. The van der Waals surface area contributed by atoms with E-state index in [9.17, 15) is 4.79 Å². The zero-order valence-electron chi connectivity index (χ0n) is 21.9. The summed E-state index contributed by atoms with van der Waals surface area (Å²) in [5.41, 5.74) is 2.99. The summed E-state index contributed by atoms with van der Waals surface area (Å²) in [5.74, 6) is 1.14. The monoisotopic (exact) mass is 540 g/mol. The van der Waals surface area contributed by atoms with Gasteiger partial charge in [0.25, 0.3) is 0 Å². The summed E-state index contributed by atoms with van der Waals surface area (Å²) in [6.45, 7) is 5.13. The third kappa shape index (κ3) is 7.48. The smallest absolute Gasteiger partial charge is 0.234 e. The zero-order chi connectivity index (χ0) is 26.9. The van der Waals surface area contributed by atoms with Crippen molar-refractivity contribution in [2.75, 3.05) is 39.4 Å². The number of morpholine rings is 1. The molecule has 1 heterocycles.